The molecule has 3 fully saturated rings. The number of nitrogens with zero attached hydrogens (tertiary/aromatic N) is 2. The van der Waals surface area contributed by atoms with Gasteiger partial charge < -0.3 is 55.9 Å². The molecule has 3 saturated heterocycles. The monoisotopic (exact) mass is 749 g/mol. The normalized spacial score (nSPS) is 27.6. The number of carbonyl (C=O) groups is 4. The van der Waals surface area contributed by atoms with Crippen LogP contribution >= 0.6 is 0 Å². The van der Waals surface area contributed by atoms with Crippen LogP contribution in [0.2, 0.25) is 0 Å². The molecule has 0 aliphatic carbocycles. The van der Waals surface area contributed by atoms with Gasteiger partial charge in [-0.3, -0.25) is 14.5 Å². The maximum atomic E-state index is 13.1. The molecule has 0 saturated carbocycles. The summed E-state index contributed by atoms with van der Waals surface area (Å²) in [4.78, 5) is 55.1. The number of nitrogens with one attached hydrogen (secondary N) is 2. The molecular weight excluding hydrogens is 690 g/mol. The largest absolute Gasteiger partial charge is 0.492 e. The zero-order valence-electron chi connectivity index (χ0n) is 31.9. The van der Waals surface area contributed by atoms with Crippen molar-refractivity contribution in [2.75, 3.05) is 45.9 Å². The lowest BCUT2D eigenvalue weighted by Crippen LogP contribution is -2.68. The molecular formula is C37H59N5O11. The van der Waals surface area contributed by atoms with Crippen molar-refractivity contribution in [2.45, 2.75) is 127 Å². The summed E-state index contributed by atoms with van der Waals surface area (Å²) in [7, 11) is 0. The Morgan fingerprint density at radius 2 is 1.77 bits per heavy atom. The van der Waals surface area contributed by atoms with Crippen LogP contribution in [-0.2, 0) is 19.1 Å². The zero-order chi connectivity index (χ0) is 39.3. The van der Waals surface area contributed by atoms with Crippen molar-refractivity contribution in [3.8, 4) is 5.75 Å². The van der Waals surface area contributed by atoms with Gasteiger partial charge in [0.25, 0.3) is 5.91 Å². The highest BCUT2D eigenvalue weighted by Crippen LogP contribution is 2.40. The molecule has 4 rings (SSSR count). The second-order valence-corrected chi connectivity index (χ2v) is 15.8. The van der Waals surface area contributed by atoms with Gasteiger partial charge in [0.15, 0.2) is 5.60 Å². The number of likely N-dealkylation sites (tertiary alicyclic amines) is 2. The molecule has 3 amide bonds. The molecule has 3 aliphatic rings. The second kappa shape index (κ2) is 17.3. The molecule has 3 aliphatic heterocycles. The molecule has 16 nitrogen and oxygen atoms in total. The number of aliphatic hydroxyl groups is 3. The molecule has 0 radical (unpaired) electrons. The first-order chi connectivity index (χ1) is 24.8. The molecule has 1 spiro atoms. The number of nitrogens with two attached hydrogens (primary N) is 1. The molecule has 7 atom stereocenters. The number of amides is 3. The summed E-state index contributed by atoms with van der Waals surface area (Å²) in [5.41, 5.74) is 4.23. The fourth-order valence-electron chi connectivity index (χ4n) is 7.89. The van der Waals surface area contributed by atoms with Crippen LogP contribution in [0.3, 0.4) is 0 Å². The van der Waals surface area contributed by atoms with Crippen LogP contribution in [0.4, 0.5) is 4.79 Å². The molecule has 0 bridgehead atoms. The third kappa shape index (κ3) is 10.2. The minimum atomic E-state index is -1.99. The van der Waals surface area contributed by atoms with E-state index in [1.165, 1.54) is 6.92 Å². The van der Waals surface area contributed by atoms with Crippen LogP contribution < -0.4 is 21.1 Å². The minimum Gasteiger partial charge on any atom is -0.492 e. The van der Waals surface area contributed by atoms with E-state index in [0.29, 0.717) is 61.6 Å². The SMILES string of the molecule is CC(=O)N[C@H]1[C@H]([C@H](O)[C@H](O)CNC(=O)c2cc(C)c(OCCN)c(C)c2)O[C@@](CCN2CCCC[C@@]23CCN(C(=O)OC(C)(C)C)C3)(C(=O)O)C[C@@H]1O. The number of aliphatic carboxylic acids is 1. The number of aliphatic hydroxyl groups excluding tert-OH is 3. The van der Waals surface area contributed by atoms with E-state index in [9.17, 15) is 39.6 Å². The van der Waals surface area contributed by atoms with E-state index in [2.05, 4.69) is 15.5 Å². The first-order valence-corrected chi connectivity index (χ1v) is 18.5. The standard InChI is InChI=1S/C37H59N5O11/c1-22-17-25(18-23(2)30(22)51-16-12-38)32(47)39-20-27(45)29(46)31-28(40-24(3)43)26(44)19-37(52-31,33(48)49)11-15-42-13-8-7-9-36(42)10-14-41(21-36)34(50)53-35(4,5)6/h17-18,26-29,31,44-46H,7-16,19-21,38H2,1-6H3,(H,39,47)(H,40,43)(H,48,49)/t26-,27+,28+,29+,31+,36-,37+/m0/s1. The third-order valence-electron chi connectivity index (χ3n) is 10.5. The molecule has 1 aromatic carbocycles. The first-order valence-electron chi connectivity index (χ1n) is 18.5. The molecule has 1 aromatic rings. The number of benzene rings is 1. The molecule has 53 heavy (non-hydrogen) atoms. The summed E-state index contributed by atoms with van der Waals surface area (Å²) in [6.45, 7) is 12.3. The van der Waals surface area contributed by atoms with E-state index >= 15 is 0 Å². The summed E-state index contributed by atoms with van der Waals surface area (Å²) < 4.78 is 17.5. The number of hydrogen-bond donors (Lipinski definition) is 7. The van der Waals surface area contributed by atoms with Crippen LogP contribution in [0.25, 0.3) is 0 Å². The van der Waals surface area contributed by atoms with Gasteiger partial charge >= 0.3 is 12.1 Å². The van der Waals surface area contributed by atoms with Crippen molar-refractivity contribution in [2.24, 2.45) is 5.73 Å². The number of carboxylic acid groups (broad SMARTS) is 1. The highest BCUT2D eigenvalue weighted by molar-refractivity contribution is 5.95. The number of aryl methyl sites for hydroxylation is 2. The van der Waals surface area contributed by atoms with Crippen molar-refractivity contribution < 1.29 is 53.8 Å². The average molecular weight is 750 g/mol. The maximum Gasteiger partial charge on any atom is 0.410 e. The molecule has 3 heterocycles. The van der Waals surface area contributed by atoms with Crippen LogP contribution in [-0.4, -0.2) is 147 Å². The quantitative estimate of drug-likeness (QED) is 0.148. The Labute approximate surface area is 311 Å². The fraction of sp³-hybridized carbons (Fsp3) is 0.730. The van der Waals surface area contributed by atoms with E-state index in [1.54, 1.807) is 30.9 Å². The summed E-state index contributed by atoms with van der Waals surface area (Å²) in [6, 6.07) is 1.99. The number of rotatable bonds is 13. The van der Waals surface area contributed by atoms with E-state index in [1.807, 2.05) is 20.8 Å². The van der Waals surface area contributed by atoms with Crippen molar-refractivity contribution >= 4 is 23.9 Å². The van der Waals surface area contributed by atoms with Gasteiger partial charge in [-0.1, -0.05) is 6.42 Å². The van der Waals surface area contributed by atoms with E-state index in [0.717, 1.165) is 19.3 Å². The van der Waals surface area contributed by atoms with Crippen LogP contribution in [0, 0.1) is 13.8 Å². The predicted octanol–water partition coefficient (Wildman–Crippen LogP) is 0.826. The summed E-state index contributed by atoms with van der Waals surface area (Å²) in [5, 5.41) is 49.6. The van der Waals surface area contributed by atoms with Gasteiger partial charge in [0, 0.05) is 63.6 Å². The Kier molecular flexibility index (Phi) is 13.8. The Bertz CT molecular complexity index is 1460. The summed E-state index contributed by atoms with van der Waals surface area (Å²) >= 11 is 0. The van der Waals surface area contributed by atoms with Gasteiger partial charge in [0.05, 0.1) is 18.2 Å². The highest BCUT2D eigenvalue weighted by atomic mass is 16.6. The van der Waals surface area contributed by atoms with Crippen LogP contribution in [0.1, 0.15) is 87.7 Å². The van der Waals surface area contributed by atoms with Gasteiger partial charge in [-0.05, 0) is 83.7 Å². The zero-order valence-corrected chi connectivity index (χ0v) is 31.9. The van der Waals surface area contributed by atoms with Crippen LogP contribution in [0.15, 0.2) is 12.1 Å². The number of carbonyl (C=O) groups excluding carboxylic acids is 3. The smallest absolute Gasteiger partial charge is 0.410 e. The molecule has 0 aromatic heterocycles. The third-order valence-corrected chi connectivity index (χ3v) is 10.5. The first kappa shape index (κ1) is 42.2. The van der Waals surface area contributed by atoms with E-state index < -0.39 is 78.5 Å². The lowest BCUT2D eigenvalue weighted by Gasteiger charge is -2.49. The minimum absolute atomic E-state index is 0.0832. The lowest BCUT2D eigenvalue weighted by atomic mass is 9.80. The predicted molar refractivity (Wildman–Crippen MR) is 193 cm³/mol. The Morgan fingerprint density at radius 1 is 1.09 bits per heavy atom. The van der Waals surface area contributed by atoms with Crippen LogP contribution in [0.5, 0.6) is 5.75 Å². The van der Waals surface area contributed by atoms with Crippen molar-refractivity contribution in [1.29, 1.82) is 0 Å². The second-order valence-electron chi connectivity index (χ2n) is 15.8. The lowest BCUT2D eigenvalue weighted by molar-refractivity contribution is -0.230. The average Bonchev–Trinajstić information content (AvgIpc) is 3.50. The van der Waals surface area contributed by atoms with Gasteiger partial charge in [0.2, 0.25) is 5.91 Å². The molecule has 16 heteroatoms. The van der Waals surface area contributed by atoms with E-state index in [-0.39, 0.29) is 18.5 Å². The van der Waals surface area contributed by atoms with Gasteiger partial charge in [-0.2, -0.15) is 0 Å². The number of piperidine rings is 1. The summed E-state index contributed by atoms with van der Waals surface area (Å²) in [5.74, 6) is -1.85. The molecule has 8 N–H and O–H groups in total. The van der Waals surface area contributed by atoms with E-state index in [4.69, 9.17) is 19.9 Å². The van der Waals surface area contributed by atoms with Gasteiger partial charge in [-0.15, -0.1) is 0 Å². The maximum absolute atomic E-state index is 13.1. The molecule has 0 unspecified atom stereocenters. The topological polar surface area (TPSA) is 233 Å². The van der Waals surface area contributed by atoms with Gasteiger partial charge in [-0.25, -0.2) is 9.59 Å². The number of hydrogen-bond acceptors (Lipinski definition) is 12. The Hall–Kier alpha value is -3.54. The Balaban J connectivity index is 1.49. The van der Waals surface area contributed by atoms with Crippen molar-refractivity contribution in [3.63, 3.8) is 0 Å². The number of ether oxygens (including phenoxy) is 3. The van der Waals surface area contributed by atoms with Crippen molar-refractivity contribution in [1.82, 2.24) is 20.4 Å². The highest BCUT2D eigenvalue weighted by Gasteiger charge is 2.55. The Morgan fingerprint density at radius 3 is 2.38 bits per heavy atom. The summed E-state index contributed by atoms with van der Waals surface area (Å²) in [6.07, 6.45) is -4.05. The van der Waals surface area contributed by atoms with Gasteiger partial charge in [0.1, 0.15) is 30.2 Å². The molecule has 298 valence electrons. The van der Waals surface area contributed by atoms with Crippen molar-refractivity contribution in [3.05, 3.63) is 28.8 Å². The fourth-order valence-corrected chi connectivity index (χ4v) is 7.89. The number of carboxylic acids is 1.